The molecule has 140 valence electrons. The molecule has 3 aromatic rings. The Morgan fingerprint density at radius 2 is 1.96 bits per heavy atom. The Hall–Kier alpha value is -2.94. The van der Waals surface area contributed by atoms with Gasteiger partial charge >= 0.3 is 0 Å². The highest BCUT2D eigenvalue weighted by atomic mass is 32.1. The lowest BCUT2D eigenvalue weighted by Crippen LogP contribution is -2.29. The molecule has 0 unspecified atom stereocenters. The van der Waals surface area contributed by atoms with Gasteiger partial charge in [-0.1, -0.05) is 42.5 Å². The number of thiophene rings is 1. The number of hydrogen-bond acceptors (Lipinski definition) is 5. The van der Waals surface area contributed by atoms with Crippen molar-refractivity contribution in [1.29, 1.82) is 5.26 Å². The largest absolute Gasteiger partial charge is 0.496 e. The number of nitriles is 1. The van der Waals surface area contributed by atoms with Gasteiger partial charge in [0.05, 0.1) is 12.7 Å². The fourth-order valence-electron chi connectivity index (χ4n) is 3.53. The van der Waals surface area contributed by atoms with E-state index in [2.05, 4.69) is 40.2 Å². The van der Waals surface area contributed by atoms with Crippen LogP contribution in [-0.4, -0.2) is 24.8 Å². The number of para-hydroxylation sites is 1. The molecule has 5 heteroatoms. The van der Waals surface area contributed by atoms with Crippen LogP contribution in [0.2, 0.25) is 0 Å². The molecular formula is C23H21N3OS. The zero-order valence-electron chi connectivity index (χ0n) is 15.8. The first-order chi connectivity index (χ1) is 13.8. The molecule has 0 saturated heterocycles. The van der Waals surface area contributed by atoms with Gasteiger partial charge in [-0.2, -0.15) is 5.26 Å². The lowest BCUT2D eigenvalue weighted by Gasteiger charge is -2.26. The molecule has 0 saturated carbocycles. The highest BCUT2D eigenvalue weighted by Crippen LogP contribution is 2.38. The SMILES string of the molecule is COc1ccccc1C=Nc1sc2c(c1C#N)CCN(Cc1ccccc1)C2. The molecule has 2 heterocycles. The van der Waals surface area contributed by atoms with Crippen LogP contribution in [0, 0.1) is 11.3 Å². The summed E-state index contributed by atoms with van der Waals surface area (Å²) < 4.78 is 5.38. The van der Waals surface area contributed by atoms with Gasteiger partial charge in [0.1, 0.15) is 16.8 Å². The van der Waals surface area contributed by atoms with E-state index in [9.17, 15) is 5.26 Å². The summed E-state index contributed by atoms with van der Waals surface area (Å²) in [6, 6.07) is 20.7. The summed E-state index contributed by atoms with van der Waals surface area (Å²) in [7, 11) is 1.65. The summed E-state index contributed by atoms with van der Waals surface area (Å²) in [5.74, 6) is 0.778. The maximum atomic E-state index is 9.71. The number of aliphatic imine (C=N–C) groups is 1. The lowest BCUT2D eigenvalue weighted by atomic mass is 10.0. The number of hydrogen-bond donors (Lipinski definition) is 0. The molecule has 0 bridgehead atoms. The molecule has 1 aliphatic heterocycles. The molecule has 1 aromatic heterocycles. The number of benzene rings is 2. The van der Waals surface area contributed by atoms with E-state index < -0.39 is 0 Å². The number of ether oxygens (including phenoxy) is 1. The average molecular weight is 388 g/mol. The van der Waals surface area contributed by atoms with Gasteiger partial charge in [0.15, 0.2) is 0 Å². The number of methoxy groups -OCH3 is 1. The van der Waals surface area contributed by atoms with E-state index in [0.717, 1.165) is 47.9 Å². The third kappa shape index (κ3) is 3.84. The Labute approximate surface area is 169 Å². The van der Waals surface area contributed by atoms with Crippen molar-refractivity contribution in [3.63, 3.8) is 0 Å². The molecule has 0 radical (unpaired) electrons. The quantitative estimate of drug-likeness (QED) is 0.583. The maximum Gasteiger partial charge on any atom is 0.134 e. The zero-order chi connectivity index (χ0) is 19.3. The van der Waals surface area contributed by atoms with Crippen LogP contribution in [0.3, 0.4) is 0 Å². The van der Waals surface area contributed by atoms with Gasteiger partial charge in [-0.05, 0) is 29.7 Å². The van der Waals surface area contributed by atoms with E-state index in [-0.39, 0.29) is 0 Å². The van der Waals surface area contributed by atoms with Crippen molar-refractivity contribution in [1.82, 2.24) is 4.90 Å². The minimum Gasteiger partial charge on any atom is -0.496 e. The van der Waals surface area contributed by atoms with Crippen molar-refractivity contribution in [3.8, 4) is 11.8 Å². The van der Waals surface area contributed by atoms with E-state index >= 15 is 0 Å². The smallest absolute Gasteiger partial charge is 0.134 e. The first-order valence-corrected chi connectivity index (χ1v) is 10.1. The van der Waals surface area contributed by atoms with Crippen molar-refractivity contribution >= 4 is 22.6 Å². The van der Waals surface area contributed by atoms with E-state index in [1.54, 1.807) is 24.7 Å². The molecule has 2 aromatic carbocycles. The molecule has 0 amide bonds. The van der Waals surface area contributed by atoms with Crippen molar-refractivity contribution in [3.05, 3.63) is 81.7 Å². The maximum absolute atomic E-state index is 9.71. The third-order valence-corrected chi connectivity index (χ3v) is 6.06. The van der Waals surface area contributed by atoms with Crippen molar-refractivity contribution < 1.29 is 4.74 Å². The van der Waals surface area contributed by atoms with Gasteiger partial charge in [-0.25, -0.2) is 4.99 Å². The molecule has 0 fully saturated rings. The Balaban J connectivity index is 1.57. The summed E-state index contributed by atoms with van der Waals surface area (Å²) in [4.78, 5) is 8.33. The Bertz CT molecular complexity index is 1030. The Morgan fingerprint density at radius 1 is 1.18 bits per heavy atom. The second-order valence-electron chi connectivity index (χ2n) is 6.74. The first-order valence-electron chi connectivity index (χ1n) is 9.26. The normalized spacial score (nSPS) is 14.0. The van der Waals surface area contributed by atoms with Crippen LogP contribution in [0.25, 0.3) is 0 Å². The topological polar surface area (TPSA) is 48.6 Å². The number of fused-ring (bicyclic) bond motifs is 1. The summed E-state index contributed by atoms with van der Waals surface area (Å²) in [5, 5.41) is 10.5. The highest BCUT2D eigenvalue weighted by Gasteiger charge is 2.24. The molecule has 1 aliphatic rings. The predicted molar refractivity (Wildman–Crippen MR) is 114 cm³/mol. The predicted octanol–water partition coefficient (Wildman–Crippen LogP) is 4.94. The van der Waals surface area contributed by atoms with E-state index in [1.807, 2.05) is 30.3 Å². The second kappa shape index (κ2) is 8.39. The first kappa shape index (κ1) is 18.4. The number of nitrogens with zero attached hydrogens (tertiary/aromatic N) is 3. The third-order valence-electron chi connectivity index (χ3n) is 4.94. The lowest BCUT2D eigenvalue weighted by molar-refractivity contribution is 0.249. The van der Waals surface area contributed by atoms with E-state index in [0.29, 0.717) is 0 Å². The Morgan fingerprint density at radius 3 is 2.75 bits per heavy atom. The van der Waals surface area contributed by atoms with Gasteiger partial charge in [0.25, 0.3) is 0 Å². The molecule has 0 N–H and O–H groups in total. The van der Waals surface area contributed by atoms with Crippen LogP contribution >= 0.6 is 11.3 Å². The van der Waals surface area contributed by atoms with Crippen molar-refractivity contribution in [2.24, 2.45) is 4.99 Å². The summed E-state index contributed by atoms with van der Waals surface area (Å²) >= 11 is 1.63. The standard InChI is InChI=1S/C23H21N3OS/c1-27-21-10-6-5-9-18(21)14-25-23-20(13-24)19-11-12-26(16-22(19)28-23)15-17-7-3-2-4-8-17/h2-10,14H,11-12,15-16H2,1H3. The monoisotopic (exact) mass is 387 g/mol. The van der Waals surface area contributed by atoms with Gasteiger partial charge in [-0.15, -0.1) is 11.3 Å². The van der Waals surface area contributed by atoms with Crippen molar-refractivity contribution in [2.75, 3.05) is 13.7 Å². The molecular weight excluding hydrogens is 366 g/mol. The van der Waals surface area contributed by atoms with Crippen LogP contribution in [0.1, 0.15) is 27.1 Å². The summed E-state index contributed by atoms with van der Waals surface area (Å²) in [5.41, 5.74) is 4.12. The molecule has 4 nitrogen and oxygen atoms in total. The van der Waals surface area contributed by atoms with Crippen molar-refractivity contribution in [2.45, 2.75) is 19.5 Å². The number of rotatable bonds is 5. The molecule has 28 heavy (non-hydrogen) atoms. The van der Waals surface area contributed by atoms with Gasteiger partial charge in [0.2, 0.25) is 0 Å². The van der Waals surface area contributed by atoms with Crippen LogP contribution in [0.4, 0.5) is 5.00 Å². The van der Waals surface area contributed by atoms with Crippen LogP contribution in [0.15, 0.2) is 59.6 Å². The molecule has 0 spiro atoms. The van der Waals surface area contributed by atoms with Crippen LogP contribution in [-0.2, 0) is 19.5 Å². The minimum absolute atomic E-state index is 0.727. The summed E-state index contributed by atoms with van der Waals surface area (Å²) in [6.07, 6.45) is 2.68. The summed E-state index contributed by atoms with van der Waals surface area (Å²) in [6.45, 7) is 2.76. The van der Waals surface area contributed by atoms with Crippen LogP contribution in [0.5, 0.6) is 5.75 Å². The fourth-order valence-corrected chi connectivity index (χ4v) is 4.71. The fraction of sp³-hybridized carbons (Fsp3) is 0.217. The molecule has 4 rings (SSSR count). The van der Waals surface area contributed by atoms with Crippen LogP contribution < -0.4 is 4.74 Å². The van der Waals surface area contributed by atoms with Gasteiger partial charge in [-0.3, -0.25) is 4.90 Å². The highest BCUT2D eigenvalue weighted by molar-refractivity contribution is 7.16. The molecule has 0 atom stereocenters. The van der Waals surface area contributed by atoms with E-state index in [4.69, 9.17) is 4.74 Å². The van der Waals surface area contributed by atoms with Gasteiger partial charge in [0, 0.05) is 36.3 Å². The second-order valence-corrected chi connectivity index (χ2v) is 7.83. The Kier molecular flexibility index (Phi) is 5.52. The minimum atomic E-state index is 0.727. The van der Waals surface area contributed by atoms with E-state index in [1.165, 1.54) is 16.0 Å². The van der Waals surface area contributed by atoms with Gasteiger partial charge < -0.3 is 4.74 Å². The zero-order valence-corrected chi connectivity index (χ0v) is 16.6. The average Bonchev–Trinajstić information content (AvgIpc) is 3.09. The molecule has 0 aliphatic carbocycles.